The highest BCUT2D eigenvalue weighted by molar-refractivity contribution is 5.98. The number of ether oxygens (including phenoxy) is 2. The van der Waals surface area contributed by atoms with Crippen LogP contribution in [0.2, 0.25) is 0 Å². The van der Waals surface area contributed by atoms with Gasteiger partial charge in [-0.1, -0.05) is 24.3 Å². The second-order valence-corrected chi connectivity index (χ2v) is 3.56. The van der Waals surface area contributed by atoms with Gasteiger partial charge in [-0.05, 0) is 17.5 Å². The fraction of sp³-hybridized carbons (Fsp3) is 0.0769. The first-order chi connectivity index (χ1) is 8.61. The number of carboxylic acid groups (broad SMARTS) is 1. The highest BCUT2D eigenvalue weighted by Gasteiger charge is 2.12. The third-order valence-electron chi connectivity index (χ3n) is 2.43. The maximum atomic E-state index is 11.1. The number of carbonyl (C=O) groups is 2. The van der Waals surface area contributed by atoms with Gasteiger partial charge >= 0.3 is 12.1 Å². The molecule has 2 rings (SSSR count). The number of benzene rings is 2. The van der Waals surface area contributed by atoms with E-state index in [0.29, 0.717) is 10.8 Å². The fourth-order valence-electron chi connectivity index (χ4n) is 1.61. The Labute approximate surface area is 103 Å². The van der Waals surface area contributed by atoms with Gasteiger partial charge in [-0.15, -0.1) is 0 Å². The van der Waals surface area contributed by atoms with E-state index in [2.05, 4.69) is 4.74 Å². The zero-order valence-corrected chi connectivity index (χ0v) is 9.54. The molecule has 2 aromatic carbocycles. The van der Waals surface area contributed by atoms with Crippen LogP contribution in [0.3, 0.4) is 0 Å². The molecule has 0 aliphatic carbocycles. The monoisotopic (exact) mass is 246 g/mol. The van der Waals surface area contributed by atoms with Gasteiger partial charge in [0.25, 0.3) is 0 Å². The Bertz CT molecular complexity index is 618. The van der Waals surface area contributed by atoms with Gasteiger partial charge in [-0.2, -0.15) is 0 Å². The molecule has 0 heterocycles. The van der Waals surface area contributed by atoms with E-state index >= 15 is 0 Å². The third-order valence-corrected chi connectivity index (χ3v) is 2.43. The van der Waals surface area contributed by atoms with Crippen LogP contribution in [0.25, 0.3) is 10.8 Å². The van der Waals surface area contributed by atoms with Crippen molar-refractivity contribution in [3.05, 3.63) is 42.0 Å². The van der Waals surface area contributed by atoms with Gasteiger partial charge in [0.1, 0.15) is 5.75 Å². The number of methoxy groups -OCH3 is 1. The summed E-state index contributed by atoms with van der Waals surface area (Å²) in [5.74, 6) is -0.923. The number of carboxylic acids is 1. The average Bonchev–Trinajstić information content (AvgIpc) is 2.38. The van der Waals surface area contributed by atoms with E-state index < -0.39 is 12.1 Å². The second kappa shape index (κ2) is 4.75. The summed E-state index contributed by atoms with van der Waals surface area (Å²) in [6, 6.07) is 9.83. The van der Waals surface area contributed by atoms with E-state index in [1.807, 2.05) is 0 Å². The number of hydrogen-bond acceptors (Lipinski definition) is 4. The summed E-state index contributed by atoms with van der Waals surface area (Å²) in [5.41, 5.74) is 0.0487. The molecule has 0 amide bonds. The zero-order chi connectivity index (χ0) is 13.1. The Kier molecular flexibility index (Phi) is 3.14. The lowest BCUT2D eigenvalue weighted by molar-refractivity contribution is 0.0695. The molecule has 0 saturated carbocycles. The summed E-state index contributed by atoms with van der Waals surface area (Å²) < 4.78 is 9.34. The molecular weight excluding hydrogens is 236 g/mol. The molecule has 0 aliphatic heterocycles. The van der Waals surface area contributed by atoms with E-state index in [0.717, 1.165) is 0 Å². The lowest BCUT2D eigenvalue weighted by Crippen LogP contribution is -2.08. The standard InChI is InChI=1S/C13H10O5/c1-17-13(16)18-11-7-9(12(14)15)6-8-4-2-3-5-10(8)11/h2-7H,1H3,(H,14,15). The maximum Gasteiger partial charge on any atom is 0.513 e. The van der Waals surface area contributed by atoms with Crippen LogP contribution in [0.4, 0.5) is 4.79 Å². The van der Waals surface area contributed by atoms with Crippen LogP contribution in [0.1, 0.15) is 10.4 Å². The van der Waals surface area contributed by atoms with Gasteiger partial charge < -0.3 is 14.6 Å². The molecule has 0 unspecified atom stereocenters. The SMILES string of the molecule is COC(=O)Oc1cc(C(=O)O)cc2ccccc12. The van der Waals surface area contributed by atoms with Crippen molar-refractivity contribution in [1.29, 1.82) is 0 Å². The summed E-state index contributed by atoms with van der Waals surface area (Å²) in [5, 5.41) is 10.3. The average molecular weight is 246 g/mol. The van der Waals surface area contributed by atoms with Crippen molar-refractivity contribution in [3.8, 4) is 5.75 Å². The molecule has 2 aromatic rings. The smallest absolute Gasteiger partial charge is 0.478 e. The van der Waals surface area contributed by atoms with Crippen molar-refractivity contribution >= 4 is 22.9 Å². The van der Waals surface area contributed by atoms with Gasteiger partial charge in [0.15, 0.2) is 0 Å². The van der Waals surface area contributed by atoms with Crippen molar-refractivity contribution < 1.29 is 24.2 Å². The van der Waals surface area contributed by atoms with Crippen LogP contribution in [-0.2, 0) is 4.74 Å². The van der Waals surface area contributed by atoms with Gasteiger partial charge in [-0.25, -0.2) is 9.59 Å². The Morgan fingerprint density at radius 3 is 2.56 bits per heavy atom. The fourth-order valence-corrected chi connectivity index (χ4v) is 1.61. The van der Waals surface area contributed by atoms with Crippen molar-refractivity contribution in [1.82, 2.24) is 0 Å². The molecule has 0 bridgehead atoms. The summed E-state index contributed by atoms with van der Waals surface area (Å²) in [7, 11) is 1.19. The van der Waals surface area contributed by atoms with E-state index in [1.54, 1.807) is 24.3 Å². The molecule has 0 aliphatic rings. The van der Waals surface area contributed by atoms with Crippen LogP contribution in [-0.4, -0.2) is 24.3 Å². The number of aromatic carboxylic acids is 1. The maximum absolute atomic E-state index is 11.1. The molecule has 92 valence electrons. The quantitative estimate of drug-likeness (QED) is 0.651. The number of hydrogen-bond donors (Lipinski definition) is 1. The van der Waals surface area contributed by atoms with E-state index in [9.17, 15) is 9.59 Å². The molecule has 0 aromatic heterocycles. The molecular formula is C13H10O5. The first kappa shape index (κ1) is 11.9. The minimum absolute atomic E-state index is 0.0487. The topological polar surface area (TPSA) is 72.8 Å². The summed E-state index contributed by atoms with van der Waals surface area (Å²) in [6.45, 7) is 0. The van der Waals surface area contributed by atoms with Crippen molar-refractivity contribution in [2.24, 2.45) is 0 Å². The lowest BCUT2D eigenvalue weighted by Gasteiger charge is -2.08. The summed E-state index contributed by atoms with van der Waals surface area (Å²) in [6.07, 6.45) is -0.886. The molecule has 0 radical (unpaired) electrons. The highest BCUT2D eigenvalue weighted by atomic mass is 16.7. The highest BCUT2D eigenvalue weighted by Crippen LogP contribution is 2.28. The Morgan fingerprint density at radius 1 is 1.17 bits per heavy atom. The Morgan fingerprint density at radius 2 is 1.89 bits per heavy atom. The zero-order valence-electron chi connectivity index (χ0n) is 9.54. The first-order valence-corrected chi connectivity index (χ1v) is 5.13. The minimum atomic E-state index is -1.09. The molecule has 0 saturated heterocycles. The lowest BCUT2D eigenvalue weighted by atomic mass is 10.1. The van der Waals surface area contributed by atoms with Gasteiger partial charge in [-0.3, -0.25) is 0 Å². The second-order valence-electron chi connectivity index (χ2n) is 3.56. The van der Waals surface area contributed by atoms with Crippen LogP contribution in [0.15, 0.2) is 36.4 Å². The Balaban J connectivity index is 2.60. The van der Waals surface area contributed by atoms with Crippen LogP contribution >= 0.6 is 0 Å². The summed E-state index contributed by atoms with van der Waals surface area (Å²) in [4.78, 5) is 22.1. The predicted molar refractivity (Wildman–Crippen MR) is 63.9 cm³/mol. The number of rotatable bonds is 2. The van der Waals surface area contributed by atoms with Crippen molar-refractivity contribution in [2.75, 3.05) is 7.11 Å². The third kappa shape index (κ3) is 2.24. The van der Waals surface area contributed by atoms with Crippen molar-refractivity contribution in [3.63, 3.8) is 0 Å². The summed E-state index contributed by atoms with van der Waals surface area (Å²) >= 11 is 0. The molecule has 0 atom stereocenters. The molecule has 0 spiro atoms. The molecule has 1 N–H and O–H groups in total. The van der Waals surface area contributed by atoms with Gasteiger partial charge in [0.05, 0.1) is 12.7 Å². The molecule has 18 heavy (non-hydrogen) atoms. The molecule has 0 fully saturated rings. The van der Waals surface area contributed by atoms with Crippen molar-refractivity contribution in [2.45, 2.75) is 0 Å². The van der Waals surface area contributed by atoms with Gasteiger partial charge in [0, 0.05) is 5.39 Å². The molecule has 5 heteroatoms. The number of carbonyl (C=O) groups excluding carboxylic acids is 1. The minimum Gasteiger partial charge on any atom is -0.478 e. The predicted octanol–water partition coefficient (Wildman–Crippen LogP) is 2.68. The molecule has 5 nitrogen and oxygen atoms in total. The number of fused-ring (bicyclic) bond motifs is 1. The van der Waals surface area contributed by atoms with Crippen LogP contribution in [0, 0.1) is 0 Å². The largest absolute Gasteiger partial charge is 0.513 e. The first-order valence-electron chi connectivity index (χ1n) is 5.13. The Hall–Kier alpha value is -2.56. The van der Waals surface area contributed by atoms with E-state index in [-0.39, 0.29) is 11.3 Å². The normalized spacial score (nSPS) is 10.1. The van der Waals surface area contributed by atoms with Gasteiger partial charge in [0.2, 0.25) is 0 Å². The van der Waals surface area contributed by atoms with E-state index in [1.165, 1.54) is 19.2 Å². The van der Waals surface area contributed by atoms with Crippen LogP contribution in [0.5, 0.6) is 5.75 Å². The van der Waals surface area contributed by atoms with E-state index in [4.69, 9.17) is 9.84 Å². The van der Waals surface area contributed by atoms with Crippen LogP contribution < -0.4 is 4.74 Å².